The summed E-state index contributed by atoms with van der Waals surface area (Å²) in [6.45, 7) is 5.94. The average molecular weight is 430 g/mol. The van der Waals surface area contributed by atoms with Crippen LogP contribution in [0.2, 0.25) is 0 Å². The summed E-state index contributed by atoms with van der Waals surface area (Å²) in [7, 11) is 0. The van der Waals surface area contributed by atoms with Crippen molar-refractivity contribution in [3.63, 3.8) is 0 Å². The van der Waals surface area contributed by atoms with Gasteiger partial charge in [-0.15, -0.1) is 0 Å². The van der Waals surface area contributed by atoms with Gasteiger partial charge in [-0.1, -0.05) is 6.07 Å². The second-order valence-electron chi connectivity index (χ2n) is 9.02. The zero-order chi connectivity index (χ0) is 21.8. The minimum Gasteiger partial charge on any atom is -0.340 e. The van der Waals surface area contributed by atoms with Crippen LogP contribution in [-0.2, 0) is 13.0 Å². The third-order valence-corrected chi connectivity index (χ3v) is 6.36. The number of nitrogens with zero attached hydrogens (tertiary/aromatic N) is 5. The molecule has 1 saturated carbocycles. The van der Waals surface area contributed by atoms with Gasteiger partial charge in [0.2, 0.25) is 5.95 Å². The highest BCUT2D eigenvalue weighted by Crippen LogP contribution is 2.37. The Morgan fingerprint density at radius 2 is 2.03 bits per heavy atom. The number of benzene rings is 1. The van der Waals surface area contributed by atoms with Gasteiger partial charge in [0.15, 0.2) is 5.65 Å². The lowest BCUT2D eigenvalue weighted by Gasteiger charge is -2.18. The second-order valence-corrected chi connectivity index (χ2v) is 9.02. The molecule has 0 radical (unpaired) electrons. The van der Waals surface area contributed by atoms with Crippen LogP contribution in [-0.4, -0.2) is 30.4 Å². The molecule has 1 aliphatic heterocycles. The lowest BCUT2D eigenvalue weighted by atomic mass is 10.0. The van der Waals surface area contributed by atoms with E-state index in [1.807, 2.05) is 36.9 Å². The molecule has 1 fully saturated rings. The van der Waals surface area contributed by atoms with Gasteiger partial charge in [-0.3, -0.25) is 4.79 Å². The van der Waals surface area contributed by atoms with Crippen LogP contribution in [0.5, 0.6) is 0 Å². The van der Waals surface area contributed by atoms with E-state index in [9.17, 15) is 4.79 Å². The minimum absolute atomic E-state index is 0.0226. The molecule has 6 rings (SSSR count). The topological polar surface area (TPSA) is 81.7 Å². The number of anilines is 2. The van der Waals surface area contributed by atoms with Crippen LogP contribution in [0.15, 0.2) is 47.5 Å². The van der Waals surface area contributed by atoms with E-state index in [-0.39, 0.29) is 11.6 Å². The van der Waals surface area contributed by atoms with Gasteiger partial charge in [0.25, 0.3) is 5.56 Å². The van der Waals surface area contributed by atoms with Crippen LogP contribution in [0.3, 0.4) is 0 Å². The average Bonchev–Trinajstić information content (AvgIpc) is 3.45. The number of fused-ring (bicyclic) bond motifs is 2. The molecule has 0 atom stereocenters. The Kier molecular flexibility index (Phi) is 4.43. The van der Waals surface area contributed by atoms with Crippen molar-refractivity contribution in [2.24, 2.45) is 0 Å². The predicted molar refractivity (Wildman–Crippen MR) is 125 cm³/mol. The van der Waals surface area contributed by atoms with Crippen LogP contribution in [0, 0.1) is 0 Å². The monoisotopic (exact) mass is 429 g/mol. The van der Waals surface area contributed by atoms with Crippen molar-refractivity contribution in [1.82, 2.24) is 29.2 Å². The molecule has 0 amide bonds. The highest BCUT2D eigenvalue weighted by molar-refractivity contribution is 5.79. The van der Waals surface area contributed by atoms with Gasteiger partial charge in [0.1, 0.15) is 5.82 Å². The van der Waals surface area contributed by atoms with Crippen LogP contribution in [0.1, 0.15) is 49.9 Å². The summed E-state index contributed by atoms with van der Waals surface area (Å²) in [6, 6.07) is 10.6. The maximum atomic E-state index is 13.3. The molecule has 1 aliphatic carbocycles. The Morgan fingerprint density at radius 1 is 1.16 bits per heavy atom. The molecule has 0 spiro atoms. The highest BCUT2D eigenvalue weighted by atomic mass is 16.1. The second kappa shape index (κ2) is 7.34. The molecule has 0 bridgehead atoms. The molecule has 4 heterocycles. The summed E-state index contributed by atoms with van der Waals surface area (Å²) in [5.74, 6) is 1.46. The van der Waals surface area contributed by atoms with E-state index < -0.39 is 0 Å². The normalized spacial score (nSPS) is 16.0. The van der Waals surface area contributed by atoms with Crippen molar-refractivity contribution >= 4 is 22.5 Å². The maximum Gasteiger partial charge on any atom is 0.276 e. The van der Waals surface area contributed by atoms with Crippen molar-refractivity contribution in [3.05, 3.63) is 64.2 Å². The molecule has 0 unspecified atom stereocenters. The number of nitrogens with one attached hydrogen (secondary N) is 2. The first-order valence-electron chi connectivity index (χ1n) is 11.4. The maximum absolute atomic E-state index is 13.3. The first kappa shape index (κ1) is 19.3. The Balaban J connectivity index is 1.47. The quantitative estimate of drug-likeness (QED) is 0.506. The van der Waals surface area contributed by atoms with Gasteiger partial charge in [-0.25, -0.2) is 14.6 Å². The number of pyridine rings is 1. The van der Waals surface area contributed by atoms with Crippen molar-refractivity contribution in [2.45, 2.75) is 51.7 Å². The highest BCUT2D eigenvalue weighted by Gasteiger charge is 2.29. The van der Waals surface area contributed by atoms with E-state index >= 15 is 0 Å². The van der Waals surface area contributed by atoms with Gasteiger partial charge < -0.3 is 15.2 Å². The van der Waals surface area contributed by atoms with E-state index in [1.54, 1.807) is 10.9 Å². The summed E-state index contributed by atoms with van der Waals surface area (Å²) in [4.78, 5) is 22.8. The summed E-state index contributed by atoms with van der Waals surface area (Å²) in [6.07, 6.45) is 7.14. The number of hydrogen-bond donors (Lipinski definition) is 2. The number of rotatable bonds is 5. The standard InChI is InChI=1S/C24H27N7O/c1-15(2)30-23(32)20-7-8-21(27-18-4-3-16-9-10-25-14-17(16)13-18)28-22(20)31(30)24-26-11-12-29(24)19-5-6-19/h3-4,7-8,11-13,15,19,25H,5-6,9-10,14H2,1-2H3,(H,27,28). The minimum atomic E-state index is -0.0424. The molecule has 1 aromatic carbocycles. The van der Waals surface area contributed by atoms with Gasteiger partial charge in [-0.2, -0.15) is 4.68 Å². The molecule has 0 saturated heterocycles. The summed E-state index contributed by atoms with van der Waals surface area (Å²) >= 11 is 0. The molecule has 8 heteroatoms. The molecular formula is C24H27N7O. The number of imidazole rings is 1. The van der Waals surface area contributed by atoms with Gasteiger partial charge in [-0.05, 0) is 75.0 Å². The molecule has 3 aromatic heterocycles. The number of hydrogen-bond acceptors (Lipinski definition) is 5. The van der Waals surface area contributed by atoms with E-state index in [0.29, 0.717) is 22.9 Å². The number of aromatic nitrogens is 5. The third-order valence-electron chi connectivity index (χ3n) is 6.36. The zero-order valence-corrected chi connectivity index (χ0v) is 18.4. The largest absolute Gasteiger partial charge is 0.340 e. The Morgan fingerprint density at radius 3 is 2.84 bits per heavy atom. The Bertz CT molecular complexity index is 1370. The van der Waals surface area contributed by atoms with Crippen LogP contribution >= 0.6 is 0 Å². The fourth-order valence-corrected chi connectivity index (χ4v) is 4.63. The van der Waals surface area contributed by atoms with Crippen LogP contribution in [0.25, 0.3) is 17.0 Å². The predicted octanol–water partition coefficient (Wildman–Crippen LogP) is 3.69. The molecular weight excluding hydrogens is 402 g/mol. The molecule has 2 N–H and O–H groups in total. The fraction of sp³-hybridized carbons (Fsp3) is 0.375. The summed E-state index contributed by atoms with van der Waals surface area (Å²) in [5.41, 5.74) is 4.29. The SMILES string of the molecule is CC(C)n1c(=O)c2ccc(Nc3ccc4c(c3)CNCC4)nc2n1-c1nccn1C1CC1. The van der Waals surface area contributed by atoms with E-state index in [1.165, 1.54) is 11.1 Å². The molecule has 4 aromatic rings. The van der Waals surface area contributed by atoms with E-state index in [0.717, 1.165) is 44.0 Å². The lowest BCUT2D eigenvalue weighted by molar-refractivity contribution is 0.458. The Hall–Kier alpha value is -3.39. The summed E-state index contributed by atoms with van der Waals surface area (Å²) < 4.78 is 5.81. The summed E-state index contributed by atoms with van der Waals surface area (Å²) in [5, 5.41) is 7.46. The fourth-order valence-electron chi connectivity index (χ4n) is 4.63. The first-order valence-corrected chi connectivity index (χ1v) is 11.4. The van der Waals surface area contributed by atoms with Crippen LogP contribution in [0.4, 0.5) is 11.5 Å². The molecule has 8 nitrogen and oxygen atoms in total. The Labute approximate surface area is 185 Å². The van der Waals surface area contributed by atoms with Crippen molar-refractivity contribution in [3.8, 4) is 5.95 Å². The zero-order valence-electron chi connectivity index (χ0n) is 18.4. The van der Waals surface area contributed by atoms with E-state index in [4.69, 9.17) is 4.98 Å². The van der Waals surface area contributed by atoms with Crippen LogP contribution < -0.4 is 16.2 Å². The van der Waals surface area contributed by atoms with Gasteiger partial charge >= 0.3 is 0 Å². The molecule has 2 aliphatic rings. The van der Waals surface area contributed by atoms with E-state index in [2.05, 4.69) is 38.4 Å². The molecule has 32 heavy (non-hydrogen) atoms. The van der Waals surface area contributed by atoms with Crippen molar-refractivity contribution in [1.29, 1.82) is 0 Å². The third kappa shape index (κ3) is 3.14. The van der Waals surface area contributed by atoms with Crippen molar-refractivity contribution < 1.29 is 0 Å². The van der Waals surface area contributed by atoms with Crippen molar-refractivity contribution in [2.75, 3.05) is 11.9 Å². The van der Waals surface area contributed by atoms with Gasteiger partial charge in [0.05, 0.1) is 5.39 Å². The smallest absolute Gasteiger partial charge is 0.276 e. The van der Waals surface area contributed by atoms with Gasteiger partial charge in [0, 0.05) is 36.7 Å². The first-order chi connectivity index (χ1) is 15.6. The lowest BCUT2D eigenvalue weighted by Crippen LogP contribution is -2.25. The molecule has 164 valence electrons.